The van der Waals surface area contributed by atoms with Crippen molar-refractivity contribution < 1.29 is 14.7 Å². The predicted octanol–water partition coefficient (Wildman–Crippen LogP) is 6.09. The van der Waals surface area contributed by atoms with Crippen LogP contribution in [0.2, 0.25) is 5.02 Å². The topological polar surface area (TPSA) is 87.8 Å². The van der Waals surface area contributed by atoms with Crippen molar-refractivity contribution in [3.63, 3.8) is 0 Å². The van der Waals surface area contributed by atoms with Crippen LogP contribution in [0.4, 0.5) is 5.13 Å². The van der Waals surface area contributed by atoms with Gasteiger partial charge in [0.25, 0.3) is 5.78 Å². The van der Waals surface area contributed by atoms with E-state index in [1.165, 1.54) is 16.2 Å². The first-order chi connectivity index (χ1) is 17.9. The molecule has 1 saturated heterocycles. The van der Waals surface area contributed by atoms with Crippen LogP contribution in [0.15, 0.2) is 72.4 Å². The van der Waals surface area contributed by atoms with Crippen LogP contribution in [-0.4, -0.2) is 31.2 Å². The molecule has 1 unspecified atom stereocenters. The highest BCUT2D eigenvalue weighted by molar-refractivity contribution is 7.22. The molecule has 2 aromatic carbocycles. The number of nitrogens with zero attached hydrogens (tertiary/aromatic N) is 4. The highest BCUT2D eigenvalue weighted by Gasteiger charge is 2.48. The van der Waals surface area contributed by atoms with Crippen molar-refractivity contribution in [2.24, 2.45) is 0 Å². The number of Topliss-reactive ketones (excluding diaryl/α,β-unsaturated/α-hetero) is 1. The van der Waals surface area contributed by atoms with Crippen LogP contribution in [0.3, 0.4) is 0 Å². The molecule has 4 heterocycles. The zero-order valence-corrected chi connectivity index (χ0v) is 21.5. The number of ketones is 1. The lowest BCUT2D eigenvalue weighted by Gasteiger charge is -2.23. The molecule has 5 aromatic rings. The van der Waals surface area contributed by atoms with Gasteiger partial charge >= 0.3 is 5.91 Å². The van der Waals surface area contributed by atoms with E-state index in [9.17, 15) is 14.7 Å². The van der Waals surface area contributed by atoms with Gasteiger partial charge in [-0.15, -0.1) is 0 Å². The van der Waals surface area contributed by atoms with Crippen molar-refractivity contribution in [1.29, 1.82) is 0 Å². The predicted molar refractivity (Wildman–Crippen MR) is 145 cm³/mol. The van der Waals surface area contributed by atoms with E-state index in [0.29, 0.717) is 38.3 Å². The Balaban J connectivity index is 1.60. The summed E-state index contributed by atoms with van der Waals surface area (Å²) in [6, 6.07) is 17.6. The van der Waals surface area contributed by atoms with Crippen LogP contribution in [0.1, 0.15) is 35.5 Å². The molecule has 9 heteroatoms. The van der Waals surface area contributed by atoms with Gasteiger partial charge in [0.05, 0.1) is 27.5 Å². The van der Waals surface area contributed by atoms with Crippen molar-refractivity contribution >= 4 is 61.4 Å². The summed E-state index contributed by atoms with van der Waals surface area (Å²) in [5.74, 6) is -1.79. The Kier molecular flexibility index (Phi) is 5.58. The number of aryl methyl sites for hydroxylation is 2. The van der Waals surface area contributed by atoms with Gasteiger partial charge in [0.2, 0.25) is 0 Å². The molecule has 184 valence electrons. The number of hydrogen-bond donors (Lipinski definition) is 1. The molecule has 1 aliphatic heterocycles. The Bertz CT molecular complexity index is 1750. The minimum atomic E-state index is -0.865. The molecule has 6 rings (SSSR count). The van der Waals surface area contributed by atoms with E-state index in [-0.39, 0.29) is 11.3 Å². The molecular formula is C28H21ClN4O3S. The third-order valence-corrected chi connectivity index (χ3v) is 7.87. The van der Waals surface area contributed by atoms with Gasteiger partial charge in [0.15, 0.2) is 10.9 Å². The SMILES string of the molecule is CCc1ccc(C2/C(=C(\O)c3c(C)nc4ccccn34)C(=O)C(=O)N2c2nc3ccc(Cl)cc3s2)cc1. The quantitative estimate of drug-likeness (QED) is 0.173. The molecule has 7 nitrogen and oxygen atoms in total. The maximum Gasteiger partial charge on any atom is 0.301 e. The zero-order chi connectivity index (χ0) is 25.8. The van der Waals surface area contributed by atoms with Gasteiger partial charge in [-0.25, -0.2) is 9.97 Å². The molecule has 1 aliphatic rings. The Hall–Kier alpha value is -4.01. The lowest BCUT2D eigenvalue weighted by Crippen LogP contribution is -2.29. The van der Waals surface area contributed by atoms with Crippen LogP contribution >= 0.6 is 22.9 Å². The number of pyridine rings is 1. The number of imidazole rings is 1. The number of anilines is 1. The third-order valence-electron chi connectivity index (χ3n) is 6.62. The molecule has 1 amide bonds. The van der Waals surface area contributed by atoms with Gasteiger partial charge < -0.3 is 5.11 Å². The summed E-state index contributed by atoms with van der Waals surface area (Å²) in [6.45, 7) is 3.82. The smallest absolute Gasteiger partial charge is 0.301 e. The maximum atomic E-state index is 13.6. The zero-order valence-electron chi connectivity index (χ0n) is 20.0. The summed E-state index contributed by atoms with van der Waals surface area (Å²) in [7, 11) is 0. The first-order valence-electron chi connectivity index (χ1n) is 11.8. The van der Waals surface area contributed by atoms with Gasteiger partial charge in [0.1, 0.15) is 11.3 Å². The molecule has 0 saturated carbocycles. The number of aliphatic hydroxyl groups excluding tert-OH is 1. The number of rotatable bonds is 4. The molecule has 0 bridgehead atoms. The van der Waals surface area contributed by atoms with Gasteiger partial charge in [-0.05, 0) is 54.8 Å². The van der Waals surface area contributed by atoms with Gasteiger partial charge in [-0.3, -0.25) is 18.9 Å². The molecule has 1 atom stereocenters. The second kappa shape index (κ2) is 8.83. The number of carbonyl (C=O) groups excluding carboxylic acids is 2. The van der Waals surface area contributed by atoms with Crippen molar-refractivity contribution in [1.82, 2.24) is 14.4 Å². The third kappa shape index (κ3) is 3.72. The number of thiazole rings is 1. The number of fused-ring (bicyclic) bond motifs is 2. The van der Waals surface area contributed by atoms with Crippen molar-refractivity contribution in [2.45, 2.75) is 26.3 Å². The van der Waals surface area contributed by atoms with Crippen molar-refractivity contribution in [2.75, 3.05) is 4.90 Å². The van der Waals surface area contributed by atoms with E-state index in [1.807, 2.05) is 42.5 Å². The molecule has 0 aliphatic carbocycles. The van der Waals surface area contributed by atoms with Crippen LogP contribution in [0.5, 0.6) is 0 Å². The summed E-state index contributed by atoms with van der Waals surface area (Å²) >= 11 is 7.45. The number of carbonyl (C=O) groups is 2. The minimum Gasteiger partial charge on any atom is -0.505 e. The van der Waals surface area contributed by atoms with Gasteiger partial charge in [-0.1, -0.05) is 60.2 Å². The second-order valence-electron chi connectivity index (χ2n) is 8.85. The standard InChI is InChI=1S/C28H21ClN4O3S/c1-3-16-7-9-17(10-8-16)24-22(25(34)23-15(2)30-21-6-4-5-13-32(21)23)26(35)27(36)33(24)28-31-19-12-11-18(29)14-20(19)37-28/h4-14,24,34H,3H2,1-2H3/b25-22+. The van der Waals surface area contributed by atoms with E-state index in [0.717, 1.165) is 16.7 Å². The van der Waals surface area contributed by atoms with E-state index in [4.69, 9.17) is 11.6 Å². The summed E-state index contributed by atoms with van der Waals surface area (Å²) in [4.78, 5) is 37.7. The molecule has 37 heavy (non-hydrogen) atoms. The Labute approximate surface area is 221 Å². The van der Waals surface area contributed by atoms with E-state index in [1.54, 1.807) is 35.7 Å². The lowest BCUT2D eigenvalue weighted by atomic mass is 9.95. The average molecular weight is 529 g/mol. The minimum absolute atomic E-state index is 0.000269. The summed E-state index contributed by atoms with van der Waals surface area (Å²) in [5, 5.41) is 12.5. The van der Waals surface area contributed by atoms with Gasteiger partial charge in [-0.2, -0.15) is 0 Å². The fraction of sp³-hybridized carbons (Fsp3) is 0.143. The molecule has 0 spiro atoms. The number of aliphatic hydroxyl groups is 1. The fourth-order valence-corrected chi connectivity index (χ4v) is 6.06. The number of amides is 1. The summed E-state index contributed by atoms with van der Waals surface area (Å²) in [5.41, 5.74) is 4.03. The number of aromatic nitrogens is 3. The largest absolute Gasteiger partial charge is 0.505 e. The molecule has 1 N–H and O–H groups in total. The average Bonchev–Trinajstić information content (AvgIpc) is 3.54. The summed E-state index contributed by atoms with van der Waals surface area (Å²) in [6.07, 6.45) is 2.61. The van der Waals surface area contributed by atoms with Crippen LogP contribution in [0.25, 0.3) is 21.6 Å². The lowest BCUT2D eigenvalue weighted by molar-refractivity contribution is -0.132. The van der Waals surface area contributed by atoms with E-state index >= 15 is 0 Å². The molecule has 3 aromatic heterocycles. The summed E-state index contributed by atoms with van der Waals surface area (Å²) < 4.78 is 2.51. The van der Waals surface area contributed by atoms with Gasteiger partial charge in [0, 0.05) is 11.2 Å². The van der Waals surface area contributed by atoms with Crippen LogP contribution in [0, 0.1) is 6.92 Å². The number of benzene rings is 2. The van der Waals surface area contributed by atoms with Crippen LogP contribution < -0.4 is 4.90 Å². The molecule has 0 radical (unpaired) electrons. The highest BCUT2D eigenvalue weighted by atomic mass is 35.5. The first-order valence-corrected chi connectivity index (χ1v) is 13.0. The van der Waals surface area contributed by atoms with E-state index in [2.05, 4.69) is 16.9 Å². The van der Waals surface area contributed by atoms with Crippen molar-refractivity contribution in [3.8, 4) is 0 Å². The molecule has 1 fully saturated rings. The maximum absolute atomic E-state index is 13.6. The Morgan fingerprint density at radius 1 is 1.08 bits per heavy atom. The number of halogens is 1. The monoisotopic (exact) mass is 528 g/mol. The normalized spacial score (nSPS) is 17.4. The second-order valence-corrected chi connectivity index (χ2v) is 10.3. The Morgan fingerprint density at radius 2 is 1.86 bits per heavy atom. The fourth-order valence-electron chi connectivity index (χ4n) is 4.80. The first kappa shape index (κ1) is 23.4. The van der Waals surface area contributed by atoms with E-state index < -0.39 is 17.7 Å². The number of hydrogen-bond acceptors (Lipinski definition) is 6. The highest BCUT2D eigenvalue weighted by Crippen LogP contribution is 2.44. The van der Waals surface area contributed by atoms with Crippen molar-refractivity contribution in [3.05, 3.63) is 100.0 Å². The van der Waals surface area contributed by atoms with Crippen LogP contribution in [-0.2, 0) is 16.0 Å². The molecular weight excluding hydrogens is 508 g/mol. The Morgan fingerprint density at radius 3 is 2.62 bits per heavy atom.